The molecule has 1 aliphatic rings. The summed E-state index contributed by atoms with van der Waals surface area (Å²) in [7, 11) is 0. The lowest BCUT2D eigenvalue weighted by Crippen LogP contribution is -2.25. The van der Waals surface area contributed by atoms with Gasteiger partial charge in [-0.2, -0.15) is 0 Å². The topological polar surface area (TPSA) is 62.2 Å². The summed E-state index contributed by atoms with van der Waals surface area (Å²) in [6.07, 6.45) is 7.38. The van der Waals surface area contributed by atoms with Crippen LogP contribution >= 0.6 is 12.4 Å². The highest BCUT2D eigenvalue weighted by molar-refractivity contribution is 5.97. The van der Waals surface area contributed by atoms with Crippen LogP contribution in [-0.4, -0.2) is 22.5 Å². The van der Waals surface area contributed by atoms with Crippen LogP contribution in [0.1, 0.15) is 54.2 Å². The SMILES string of the molecule is CCCCNC(=O)c1cnc2c(c1O)CCCC2.Cl. The molecule has 4 nitrogen and oxygen atoms in total. The number of aromatic hydroxyl groups is 1. The molecule has 0 aliphatic heterocycles. The Morgan fingerprint density at radius 3 is 2.89 bits per heavy atom. The summed E-state index contributed by atoms with van der Waals surface area (Å²) < 4.78 is 0. The van der Waals surface area contributed by atoms with E-state index in [0.717, 1.165) is 49.8 Å². The normalized spacial score (nSPS) is 13.3. The smallest absolute Gasteiger partial charge is 0.256 e. The summed E-state index contributed by atoms with van der Waals surface area (Å²) in [6, 6.07) is 0. The predicted octanol–water partition coefficient (Wildman–Crippen LogP) is 2.62. The van der Waals surface area contributed by atoms with Gasteiger partial charge in [0, 0.05) is 24.0 Å². The molecule has 106 valence electrons. The quantitative estimate of drug-likeness (QED) is 0.836. The van der Waals surface area contributed by atoms with E-state index in [0.29, 0.717) is 12.1 Å². The number of unbranched alkanes of at least 4 members (excludes halogenated alkanes) is 1. The molecule has 0 bridgehead atoms. The lowest BCUT2D eigenvalue weighted by atomic mass is 9.94. The average molecular weight is 285 g/mol. The summed E-state index contributed by atoms with van der Waals surface area (Å²) in [5, 5.41) is 13.0. The molecule has 0 spiro atoms. The van der Waals surface area contributed by atoms with Gasteiger partial charge in [-0.05, 0) is 32.1 Å². The third-order valence-electron chi connectivity index (χ3n) is 3.39. The standard InChI is InChI=1S/C14H20N2O2.ClH/c1-2-3-8-15-14(18)11-9-16-12-7-5-4-6-10(12)13(11)17;/h9H,2-8H2,1H3,(H,15,18)(H,16,17);1H. The minimum Gasteiger partial charge on any atom is -0.507 e. The van der Waals surface area contributed by atoms with Gasteiger partial charge in [0.05, 0.1) is 5.56 Å². The Labute approximate surface area is 120 Å². The number of hydrogen-bond donors (Lipinski definition) is 2. The van der Waals surface area contributed by atoms with Crippen molar-refractivity contribution in [3.63, 3.8) is 0 Å². The zero-order valence-corrected chi connectivity index (χ0v) is 12.1. The number of aryl methyl sites for hydroxylation is 1. The fraction of sp³-hybridized carbons (Fsp3) is 0.571. The van der Waals surface area contributed by atoms with E-state index < -0.39 is 0 Å². The summed E-state index contributed by atoms with van der Waals surface area (Å²) in [5.41, 5.74) is 2.13. The molecule has 0 saturated carbocycles. The maximum absolute atomic E-state index is 11.9. The number of amides is 1. The molecule has 0 aromatic carbocycles. The Kier molecular flexibility index (Phi) is 6.09. The zero-order chi connectivity index (χ0) is 13.0. The van der Waals surface area contributed by atoms with Crippen LogP contribution in [0, 0.1) is 0 Å². The summed E-state index contributed by atoms with van der Waals surface area (Å²) in [6.45, 7) is 2.72. The predicted molar refractivity (Wildman–Crippen MR) is 77.0 cm³/mol. The van der Waals surface area contributed by atoms with Crippen LogP contribution in [0.2, 0.25) is 0 Å². The molecule has 0 atom stereocenters. The number of carbonyl (C=O) groups is 1. The van der Waals surface area contributed by atoms with Crippen molar-refractivity contribution in [1.29, 1.82) is 0 Å². The molecule has 1 aromatic heterocycles. The molecule has 1 aromatic rings. The Balaban J connectivity index is 0.00000180. The number of halogens is 1. The highest BCUT2D eigenvalue weighted by Gasteiger charge is 2.20. The van der Waals surface area contributed by atoms with Gasteiger partial charge in [0.2, 0.25) is 0 Å². The molecule has 0 fully saturated rings. The molecule has 1 heterocycles. The number of rotatable bonds is 4. The fourth-order valence-electron chi connectivity index (χ4n) is 2.29. The van der Waals surface area contributed by atoms with Crippen molar-refractivity contribution in [3.05, 3.63) is 23.0 Å². The Hall–Kier alpha value is -1.29. The second kappa shape index (κ2) is 7.34. The lowest BCUT2D eigenvalue weighted by Gasteiger charge is -2.17. The molecule has 5 heteroatoms. The van der Waals surface area contributed by atoms with Crippen molar-refractivity contribution >= 4 is 18.3 Å². The van der Waals surface area contributed by atoms with Crippen molar-refractivity contribution in [2.45, 2.75) is 45.4 Å². The van der Waals surface area contributed by atoms with Crippen molar-refractivity contribution in [2.24, 2.45) is 0 Å². The van der Waals surface area contributed by atoms with Crippen molar-refractivity contribution in [3.8, 4) is 5.75 Å². The average Bonchev–Trinajstić information content (AvgIpc) is 2.39. The van der Waals surface area contributed by atoms with Gasteiger partial charge in [0.15, 0.2) is 0 Å². The van der Waals surface area contributed by atoms with Gasteiger partial charge in [-0.15, -0.1) is 12.4 Å². The second-order valence-corrected chi connectivity index (χ2v) is 4.76. The van der Waals surface area contributed by atoms with E-state index in [1.807, 2.05) is 0 Å². The monoisotopic (exact) mass is 284 g/mol. The van der Waals surface area contributed by atoms with E-state index in [9.17, 15) is 9.90 Å². The van der Waals surface area contributed by atoms with E-state index in [2.05, 4.69) is 17.2 Å². The molecular formula is C14H21ClN2O2. The molecule has 0 saturated heterocycles. The highest BCUT2D eigenvalue weighted by atomic mass is 35.5. The highest BCUT2D eigenvalue weighted by Crippen LogP contribution is 2.30. The number of nitrogens with one attached hydrogen (secondary N) is 1. The molecule has 1 amide bonds. The minimum atomic E-state index is -0.221. The molecule has 19 heavy (non-hydrogen) atoms. The van der Waals surface area contributed by atoms with Crippen LogP contribution < -0.4 is 5.32 Å². The third-order valence-corrected chi connectivity index (χ3v) is 3.39. The number of hydrogen-bond acceptors (Lipinski definition) is 3. The van der Waals surface area contributed by atoms with E-state index >= 15 is 0 Å². The maximum Gasteiger partial charge on any atom is 0.256 e. The van der Waals surface area contributed by atoms with Crippen LogP contribution in [-0.2, 0) is 12.8 Å². The zero-order valence-electron chi connectivity index (χ0n) is 11.2. The van der Waals surface area contributed by atoms with Crippen LogP contribution in [0.25, 0.3) is 0 Å². The van der Waals surface area contributed by atoms with Crippen molar-refractivity contribution < 1.29 is 9.90 Å². The molecule has 1 aliphatic carbocycles. The van der Waals surface area contributed by atoms with Crippen LogP contribution in [0.15, 0.2) is 6.20 Å². The van der Waals surface area contributed by atoms with E-state index in [-0.39, 0.29) is 24.1 Å². The summed E-state index contributed by atoms with van der Waals surface area (Å²) in [4.78, 5) is 16.2. The number of nitrogens with zero attached hydrogens (tertiary/aromatic N) is 1. The first-order valence-electron chi connectivity index (χ1n) is 6.72. The van der Waals surface area contributed by atoms with Crippen molar-refractivity contribution in [2.75, 3.05) is 6.54 Å². The van der Waals surface area contributed by atoms with Gasteiger partial charge >= 0.3 is 0 Å². The molecule has 2 rings (SSSR count). The van der Waals surface area contributed by atoms with Crippen LogP contribution in [0.4, 0.5) is 0 Å². The fourth-order valence-corrected chi connectivity index (χ4v) is 2.29. The van der Waals surface area contributed by atoms with Crippen molar-refractivity contribution in [1.82, 2.24) is 10.3 Å². The number of pyridine rings is 1. The van der Waals surface area contributed by atoms with E-state index in [1.54, 1.807) is 0 Å². The Morgan fingerprint density at radius 2 is 2.16 bits per heavy atom. The summed E-state index contributed by atoms with van der Waals surface area (Å²) >= 11 is 0. The van der Waals surface area contributed by atoms with Gasteiger partial charge in [-0.3, -0.25) is 9.78 Å². The largest absolute Gasteiger partial charge is 0.507 e. The Bertz CT molecular complexity index is 449. The third kappa shape index (κ3) is 3.60. The number of aromatic nitrogens is 1. The van der Waals surface area contributed by atoms with Gasteiger partial charge < -0.3 is 10.4 Å². The first-order chi connectivity index (χ1) is 8.74. The Morgan fingerprint density at radius 1 is 1.42 bits per heavy atom. The number of carbonyl (C=O) groups excluding carboxylic acids is 1. The first kappa shape index (κ1) is 15.8. The van der Waals surface area contributed by atoms with E-state index in [4.69, 9.17) is 0 Å². The van der Waals surface area contributed by atoms with Gasteiger partial charge in [0.25, 0.3) is 5.91 Å². The van der Waals surface area contributed by atoms with Crippen LogP contribution in [0.3, 0.4) is 0 Å². The molecule has 2 N–H and O–H groups in total. The molecule has 0 radical (unpaired) electrons. The maximum atomic E-state index is 11.9. The minimum absolute atomic E-state index is 0. The number of fused-ring (bicyclic) bond motifs is 1. The van der Waals surface area contributed by atoms with E-state index in [1.165, 1.54) is 6.20 Å². The van der Waals surface area contributed by atoms with Crippen LogP contribution in [0.5, 0.6) is 5.75 Å². The second-order valence-electron chi connectivity index (χ2n) is 4.76. The molecule has 0 unspecified atom stereocenters. The van der Waals surface area contributed by atoms with Gasteiger partial charge in [0.1, 0.15) is 5.75 Å². The van der Waals surface area contributed by atoms with Gasteiger partial charge in [-0.25, -0.2) is 0 Å². The summed E-state index contributed by atoms with van der Waals surface area (Å²) in [5.74, 6) is -0.0875. The van der Waals surface area contributed by atoms with Gasteiger partial charge in [-0.1, -0.05) is 13.3 Å². The first-order valence-corrected chi connectivity index (χ1v) is 6.72. The lowest BCUT2D eigenvalue weighted by molar-refractivity contribution is 0.0950. The molecular weight excluding hydrogens is 264 g/mol.